The Morgan fingerprint density at radius 1 is 1.06 bits per heavy atom. The molecule has 2 aromatic heterocycles. The molecule has 6 rings (SSSR count). The number of aryl methyl sites for hydroxylation is 3. The third-order valence-corrected chi connectivity index (χ3v) is 6.90. The third-order valence-electron chi connectivity index (χ3n) is 6.90. The van der Waals surface area contributed by atoms with E-state index in [4.69, 9.17) is 8.94 Å². The van der Waals surface area contributed by atoms with E-state index in [-0.39, 0.29) is 23.7 Å². The highest BCUT2D eigenvalue weighted by Crippen LogP contribution is 2.53. The smallest absolute Gasteiger partial charge is 0.297 e. The van der Waals surface area contributed by atoms with Crippen LogP contribution in [0.1, 0.15) is 38.6 Å². The molecule has 8 nitrogen and oxygen atoms in total. The van der Waals surface area contributed by atoms with Gasteiger partial charge in [-0.05, 0) is 50.1 Å². The van der Waals surface area contributed by atoms with E-state index in [0.29, 0.717) is 28.0 Å². The van der Waals surface area contributed by atoms with Crippen LogP contribution in [0.4, 0.5) is 11.5 Å². The molecule has 1 unspecified atom stereocenters. The van der Waals surface area contributed by atoms with Crippen LogP contribution in [-0.2, 0) is 10.3 Å². The lowest BCUT2D eigenvalue weighted by Crippen LogP contribution is -2.54. The minimum Gasteiger partial charge on any atom is -0.450 e. The van der Waals surface area contributed by atoms with E-state index in [0.717, 1.165) is 11.1 Å². The lowest BCUT2D eigenvalue weighted by atomic mass is 9.84. The second-order valence-corrected chi connectivity index (χ2v) is 8.94. The first-order valence-corrected chi connectivity index (χ1v) is 11.2. The largest absolute Gasteiger partial charge is 0.450 e. The number of rotatable bonds is 3. The molecule has 0 radical (unpaired) electrons. The summed E-state index contributed by atoms with van der Waals surface area (Å²) in [6, 6.07) is 12.2. The number of aromatic nitrogens is 1. The zero-order chi connectivity index (χ0) is 24.6. The second-order valence-electron chi connectivity index (χ2n) is 8.94. The summed E-state index contributed by atoms with van der Waals surface area (Å²) in [4.78, 5) is 45.2. The molecule has 2 aliphatic heterocycles. The average molecular weight is 467 g/mol. The molecule has 0 aliphatic carbocycles. The quantitative estimate of drug-likeness (QED) is 0.420. The Hall–Kier alpha value is -4.46. The molecule has 0 bridgehead atoms. The molecule has 0 fully saturated rings. The van der Waals surface area contributed by atoms with Crippen LogP contribution in [0, 0.1) is 20.8 Å². The number of benzene rings is 2. The van der Waals surface area contributed by atoms with E-state index in [2.05, 4.69) is 11.7 Å². The summed E-state index contributed by atoms with van der Waals surface area (Å²) in [5.74, 6) is -0.680. The summed E-state index contributed by atoms with van der Waals surface area (Å²) in [5.41, 5.74) is 0.968. The van der Waals surface area contributed by atoms with Gasteiger partial charge >= 0.3 is 0 Å². The van der Waals surface area contributed by atoms with Gasteiger partial charge in [0.25, 0.3) is 11.8 Å². The van der Waals surface area contributed by atoms with E-state index in [1.54, 1.807) is 55.5 Å². The zero-order valence-electron chi connectivity index (χ0n) is 19.4. The predicted molar refractivity (Wildman–Crippen MR) is 130 cm³/mol. The van der Waals surface area contributed by atoms with Crippen molar-refractivity contribution in [3.8, 4) is 0 Å². The lowest BCUT2D eigenvalue weighted by molar-refractivity contribution is -0.121. The summed E-state index contributed by atoms with van der Waals surface area (Å²) in [6.07, 6.45) is 1.60. The highest BCUT2D eigenvalue weighted by Gasteiger charge is 2.66. The molecule has 174 valence electrons. The van der Waals surface area contributed by atoms with Crippen LogP contribution >= 0.6 is 0 Å². The van der Waals surface area contributed by atoms with Gasteiger partial charge in [-0.3, -0.25) is 19.3 Å². The van der Waals surface area contributed by atoms with E-state index in [1.807, 2.05) is 13.8 Å². The van der Waals surface area contributed by atoms with E-state index in [9.17, 15) is 14.4 Å². The van der Waals surface area contributed by atoms with Crippen molar-refractivity contribution in [2.75, 3.05) is 16.3 Å². The number of para-hydroxylation sites is 1. The van der Waals surface area contributed by atoms with Crippen LogP contribution in [0.25, 0.3) is 11.0 Å². The number of nitrogens with zero attached hydrogens (tertiary/aromatic N) is 3. The van der Waals surface area contributed by atoms with Gasteiger partial charge in [0.05, 0.1) is 16.6 Å². The minimum absolute atomic E-state index is 0.0112. The molecule has 4 aromatic rings. The van der Waals surface area contributed by atoms with Crippen molar-refractivity contribution in [1.82, 2.24) is 5.16 Å². The van der Waals surface area contributed by atoms with Gasteiger partial charge in [-0.25, -0.2) is 0 Å². The molecule has 2 aliphatic rings. The first kappa shape index (κ1) is 21.1. The van der Waals surface area contributed by atoms with Crippen LogP contribution < -0.4 is 15.2 Å². The number of hydrogen-bond acceptors (Lipinski definition) is 6. The van der Waals surface area contributed by atoms with E-state index < -0.39 is 22.8 Å². The maximum atomic E-state index is 14.3. The van der Waals surface area contributed by atoms with Crippen molar-refractivity contribution in [2.45, 2.75) is 26.3 Å². The zero-order valence-corrected chi connectivity index (χ0v) is 19.4. The number of anilines is 2. The Balaban J connectivity index is 1.79. The number of carbonyl (C=O) groups excluding carboxylic acids is 2. The third kappa shape index (κ3) is 2.51. The lowest BCUT2D eigenvalue weighted by Gasteiger charge is -2.32. The molecule has 2 amide bonds. The van der Waals surface area contributed by atoms with Crippen LogP contribution in [0.15, 0.2) is 68.9 Å². The van der Waals surface area contributed by atoms with Crippen molar-refractivity contribution < 1.29 is 18.5 Å². The summed E-state index contributed by atoms with van der Waals surface area (Å²) in [6.45, 7) is 9.47. The average Bonchev–Trinajstić information content (AvgIpc) is 3.44. The summed E-state index contributed by atoms with van der Waals surface area (Å²) < 4.78 is 11.4. The summed E-state index contributed by atoms with van der Waals surface area (Å²) >= 11 is 0. The predicted octanol–water partition coefficient (Wildman–Crippen LogP) is 4.14. The molecule has 2 aromatic carbocycles. The Morgan fingerprint density at radius 2 is 1.80 bits per heavy atom. The molecule has 35 heavy (non-hydrogen) atoms. The highest BCUT2D eigenvalue weighted by atomic mass is 16.5. The topological polar surface area (TPSA) is 96.9 Å². The molecule has 1 spiro atoms. The Bertz CT molecular complexity index is 1660. The van der Waals surface area contributed by atoms with Crippen molar-refractivity contribution in [3.05, 3.63) is 99.1 Å². The highest BCUT2D eigenvalue weighted by molar-refractivity contribution is 6.24. The van der Waals surface area contributed by atoms with Gasteiger partial charge < -0.3 is 13.8 Å². The Labute approximate surface area is 200 Å². The summed E-state index contributed by atoms with van der Waals surface area (Å²) in [5, 5.41) is 4.36. The molecule has 8 heteroatoms. The van der Waals surface area contributed by atoms with E-state index >= 15 is 0 Å². The van der Waals surface area contributed by atoms with Crippen molar-refractivity contribution in [2.24, 2.45) is 0 Å². The Morgan fingerprint density at radius 3 is 2.51 bits per heavy atom. The monoisotopic (exact) mass is 467 g/mol. The maximum absolute atomic E-state index is 14.3. The van der Waals surface area contributed by atoms with Gasteiger partial charge in [-0.2, -0.15) is 0 Å². The molecule has 1 atom stereocenters. The normalized spacial score (nSPS) is 18.6. The molecule has 0 saturated heterocycles. The van der Waals surface area contributed by atoms with E-state index in [1.165, 1.54) is 9.80 Å². The fourth-order valence-corrected chi connectivity index (χ4v) is 5.23. The van der Waals surface area contributed by atoms with Gasteiger partial charge in [0.2, 0.25) is 5.76 Å². The molecule has 4 heterocycles. The number of carbonyl (C=O) groups is 2. The summed E-state index contributed by atoms with van der Waals surface area (Å²) in [7, 11) is 0. The van der Waals surface area contributed by atoms with Crippen molar-refractivity contribution in [1.29, 1.82) is 0 Å². The number of hydrogen-bond donors (Lipinski definition) is 0. The molecular formula is C27H21N3O5. The minimum atomic E-state index is -1.79. The van der Waals surface area contributed by atoms with Crippen LogP contribution in [0.3, 0.4) is 0 Å². The molecule has 0 saturated carbocycles. The van der Waals surface area contributed by atoms with Crippen molar-refractivity contribution in [3.63, 3.8) is 0 Å². The SMILES string of the molecule is C=CCN1C(=O)C2(c3ccccc31)c1c(oc3cc(C)c(C)cc3c1=O)C(=O)N2c1cc(C)on1. The fourth-order valence-electron chi connectivity index (χ4n) is 5.23. The fraction of sp³-hybridized carbons (Fsp3) is 0.185. The molecule has 0 N–H and O–H groups in total. The van der Waals surface area contributed by atoms with Gasteiger partial charge in [0.1, 0.15) is 11.3 Å². The maximum Gasteiger partial charge on any atom is 0.297 e. The Kier molecular flexibility index (Phi) is 4.23. The van der Waals surface area contributed by atoms with Gasteiger partial charge in [-0.15, -0.1) is 6.58 Å². The van der Waals surface area contributed by atoms with Crippen molar-refractivity contribution >= 4 is 34.3 Å². The van der Waals surface area contributed by atoms with Gasteiger partial charge in [-0.1, -0.05) is 29.4 Å². The first-order chi connectivity index (χ1) is 16.8. The van der Waals surface area contributed by atoms with Gasteiger partial charge in [0, 0.05) is 18.2 Å². The standard InChI is InChI=1S/C27H21N3O5/c1-5-10-29-19-9-7-6-8-18(19)27(26(29)33)22-23(31)17-11-14(2)15(3)12-20(17)34-24(22)25(32)30(27)21-13-16(4)35-28-21/h5-9,11-13H,1,10H2,2-4H3. The van der Waals surface area contributed by atoms with Gasteiger partial charge in [0.15, 0.2) is 16.8 Å². The number of amides is 2. The van der Waals surface area contributed by atoms with Crippen LogP contribution in [-0.4, -0.2) is 23.5 Å². The van der Waals surface area contributed by atoms with Crippen LogP contribution in [0.2, 0.25) is 0 Å². The second kappa shape index (κ2) is 7.02. The molecular weight excluding hydrogens is 446 g/mol. The number of fused-ring (bicyclic) bond motifs is 5. The first-order valence-electron chi connectivity index (χ1n) is 11.2. The van der Waals surface area contributed by atoms with Crippen LogP contribution in [0.5, 0.6) is 0 Å².